The summed E-state index contributed by atoms with van der Waals surface area (Å²) < 4.78 is 5.51. The minimum Gasteiger partial charge on any atom is -0.390 e. The van der Waals surface area contributed by atoms with Crippen molar-refractivity contribution in [3.8, 4) is 0 Å². The van der Waals surface area contributed by atoms with E-state index in [1.807, 2.05) is 0 Å². The van der Waals surface area contributed by atoms with Crippen LogP contribution in [0.1, 0.15) is 51.9 Å². The molecular formula is C14H26O2. The minimum absolute atomic E-state index is 0.112. The Kier molecular flexibility index (Phi) is 4.26. The molecule has 4 atom stereocenters. The van der Waals surface area contributed by atoms with E-state index < -0.39 is 0 Å². The number of aliphatic hydroxyl groups excluding tert-OH is 1. The van der Waals surface area contributed by atoms with Gasteiger partial charge in [-0.05, 0) is 43.4 Å². The molecule has 1 N–H and O–H groups in total. The fraction of sp³-hybridized carbons (Fsp3) is 1.00. The molecule has 0 aromatic rings. The van der Waals surface area contributed by atoms with Crippen LogP contribution in [-0.4, -0.2) is 24.4 Å². The zero-order valence-corrected chi connectivity index (χ0v) is 10.7. The lowest BCUT2D eigenvalue weighted by Gasteiger charge is -2.35. The van der Waals surface area contributed by atoms with Crippen LogP contribution in [-0.2, 0) is 4.74 Å². The van der Waals surface area contributed by atoms with Gasteiger partial charge in [-0.3, -0.25) is 0 Å². The number of hydrogen-bond donors (Lipinski definition) is 1. The molecule has 0 bridgehead atoms. The molecule has 0 aromatic heterocycles. The summed E-state index contributed by atoms with van der Waals surface area (Å²) in [6.07, 6.45) is 8.73. The minimum atomic E-state index is -0.216. The van der Waals surface area contributed by atoms with Gasteiger partial charge in [-0.2, -0.15) is 0 Å². The van der Waals surface area contributed by atoms with Crippen molar-refractivity contribution >= 4 is 0 Å². The van der Waals surface area contributed by atoms with Gasteiger partial charge in [0.1, 0.15) is 0 Å². The first-order chi connectivity index (χ1) is 7.76. The third kappa shape index (κ3) is 2.78. The van der Waals surface area contributed by atoms with Crippen LogP contribution in [0.25, 0.3) is 0 Å². The van der Waals surface area contributed by atoms with Gasteiger partial charge in [-0.1, -0.05) is 26.2 Å². The molecule has 94 valence electrons. The van der Waals surface area contributed by atoms with Crippen molar-refractivity contribution in [2.45, 2.75) is 64.1 Å². The van der Waals surface area contributed by atoms with Gasteiger partial charge < -0.3 is 9.84 Å². The number of ether oxygens (including phenoxy) is 1. The predicted octanol–water partition coefficient (Wildman–Crippen LogP) is 2.99. The molecular weight excluding hydrogens is 200 g/mol. The van der Waals surface area contributed by atoms with Crippen LogP contribution in [0.3, 0.4) is 0 Å². The van der Waals surface area contributed by atoms with Crippen molar-refractivity contribution < 1.29 is 9.84 Å². The molecule has 2 aliphatic carbocycles. The second-order valence-corrected chi connectivity index (χ2v) is 5.73. The first-order valence-electron chi connectivity index (χ1n) is 6.97. The number of rotatable bonds is 5. The van der Waals surface area contributed by atoms with Crippen molar-refractivity contribution in [3.63, 3.8) is 0 Å². The summed E-state index contributed by atoms with van der Waals surface area (Å²) in [6, 6.07) is 0. The number of methoxy groups -OCH3 is 1. The summed E-state index contributed by atoms with van der Waals surface area (Å²) in [4.78, 5) is 0. The van der Waals surface area contributed by atoms with Crippen molar-refractivity contribution in [2.75, 3.05) is 7.11 Å². The van der Waals surface area contributed by atoms with E-state index in [1.165, 1.54) is 44.9 Å². The van der Waals surface area contributed by atoms with Gasteiger partial charge in [0.15, 0.2) is 0 Å². The van der Waals surface area contributed by atoms with E-state index in [4.69, 9.17) is 4.74 Å². The molecule has 0 aliphatic heterocycles. The van der Waals surface area contributed by atoms with E-state index in [2.05, 4.69) is 6.92 Å². The topological polar surface area (TPSA) is 29.5 Å². The van der Waals surface area contributed by atoms with E-state index in [1.54, 1.807) is 7.11 Å². The van der Waals surface area contributed by atoms with Crippen LogP contribution in [0.2, 0.25) is 0 Å². The molecule has 0 saturated heterocycles. The van der Waals surface area contributed by atoms with Gasteiger partial charge in [-0.25, -0.2) is 0 Å². The third-order valence-corrected chi connectivity index (χ3v) is 4.58. The Labute approximate surface area is 99.4 Å². The molecule has 0 aromatic carbocycles. The molecule has 0 radical (unpaired) electrons. The second kappa shape index (κ2) is 5.50. The molecule has 16 heavy (non-hydrogen) atoms. The van der Waals surface area contributed by atoms with E-state index in [-0.39, 0.29) is 12.2 Å². The van der Waals surface area contributed by atoms with Crippen molar-refractivity contribution in [1.82, 2.24) is 0 Å². The molecule has 4 unspecified atom stereocenters. The highest BCUT2D eigenvalue weighted by Crippen LogP contribution is 2.41. The van der Waals surface area contributed by atoms with E-state index in [0.717, 1.165) is 5.92 Å². The lowest BCUT2D eigenvalue weighted by atomic mass is 9.76. The highest BCUT2D eigenvalue weighted by molar-refractivity contribution is 4.91. The Morgan fingerprint density at radius 3 is 2.50 bits per heavy atom. The molecule has 0 heterocycles. The molecule has 2 saturated carbocycles. The maximum Gasteiger partial charge on any atom is 0.0860 e. The van der Waals surface area contributed by atoms with Gasteiger partial charge in [0.05, 0.1) is 12.2 Å². The molecule has 2 rings (SSSR count). The van der Waals surface area contributed by atoms with Crippen LogP contribution in [0.4, 0.5) is 0 Å². The Morgan fingerprint density at radius 2 is 1.94 bits per heavy atom. The van der Waals surface area contributed by atoms with Crippen LogP contribution in [0.5, 0.6) is 0 Å². The normalized spacial score (nSPS) is 34.7. The average molecular weight is 226 g/mol. The van der Waals surface area contributed by atoms with Gasteiger partial charge in [0.25, 0.3) is 0 Å². The first-order valence-corrected chi connectivity index (χ1v) is 6.97. The van der Waals surface area contributed by atoms with Crippen molar-refractivity contribution in [1.29, 1.82) is 0 Å². The average Bonchev–Trinajstić information content (AvgIpc) is 3.14. The molecule has 0 amide bonds. The van der Waals surface area contributed by atoms with E-state index >= 15 is 0 Å². The third-order valence-electron chi connectivity index (χ3n) is 4.58. The largest absolute Gasteiger partial charge is 0.390 e. The smallest absolute Gasteiger partial charge is 0.0860 e. The summed E-state index contributed by atoms with van der Waals surface area (Å²) in [5, 5.41) is 10.4. The van der Waals surface area contributed by atoms with Gasteiger partial charge in [0, 0.05) is 7.11 Å². The molecule has 0 spiro atoms. The second-order valence-electron chi connectivity index (χ2n) is 5.73. The Balaban J connectivity index is 1.89. The highest BCUT2D eigenvalue weighted by atomic mass is 16.5. The van der Waals surface area contributed by atoms with E-state index in [0.29, 0.717) is 11.8 Å². The first kappa shape index (κ1) is 12.4. The van der Waals surface area contributed by atoms with Gasteiger partial charge >= 0.3 is 0 Å². The van der Waals surface area contributed by atoms with Crippen LogP contribution in [0.15, 0.2) is 0 Å². The fourth-order valence-electron chi connectivity index (χ4n) is 3.32. The summed E-state index contributed by atoms with van der Waals surface area (Å²) in [6.45, 7) is 2.27. The standard InChI is InChI=1S/C14H26O2/c1-3-10-5-4-6-12(9-10)13(15)14(16-2)11-7-8-11/h10-15H,3-9H2,1-2H3. The van der Waals surface area contributed by atoms with Gasteiger partial charge in [-0.15, -0.1) is 0 Å². The summed E-state index contributed by atoms with van der Waals surface area (Å²) >= 11 is 0. The number of aliphatic hydroxyl groups is 1. The molecule has 2 fully saturated rings. The summed E-state index contributed by atoms with van der Waals surface area (Å²) in [5.41, 5.74) is 0. The number of hydrogen-bond acceptors (Lipinski definition) is 2. The van der Waals surface area contributed by atoms with Crippen LogP contribution in [0, 0.1) is 17.8 Å². The molecule has 2 heteroatoms. The predicted molar refractivity (Wildman–Crippen MR) is 65.3 cm³/mol. The molecule has 2 aliphatic rings. The monoisotopic (exact) mass is 226 g/mol. The van der Waals surface area contributed by atoms with Crippen LogP contribution < -0.4 is 0 Å². The highest BCUT2D eigenvalue weighted by Gasteiger charge is 2.40. The Morgan fingerprint density at radius 1 is 1.19 bits per heavy atom. The zero-order valence-electron chi connectivity index (χ0n) is 10.7. The zero-order chi connectivity index (χ0) is 11.5. The van der Waals surface area contributed by atoms with Gasteiger partial charge in [0.2, 0.25) is 0 Å². The quantitative estimate of drug-likeness (QED) is 0.781. The fourth-order valence-corrected chi connectivity index (χ4v) is 3.32. The molecule has 2 nitrogen and oxygen atoms in total. The summed E-state index contributed by atoms with van der Waals surface area (Å²) in [5.74, 6) is 1.97. The maximum atomic E-state index is 10.4. The Hall–Kier alpha value is -0.0800. The SMILES string of the molecule is CCC1CCCC(C(O)C(OC)C2CC2)C1. The lowest BCUT2D eigenvalue weighted by Crippen LogP contribution is -2.38. The lowest BCUT2D eigenvalue weighted by molar-refractivity contribution is -0.0641. The summed E-state index contributed by atoms with van der Waals surface area (Å²) in [7, 11) is 1.76. The maximum absolute atomic E-state index is 10.4. The van der Waals surface area contributed by atoms with Crippen LogP contribution >= 0.6 is 0 Å². The van der Waals surface area contributed by atoms with Crippen molar-refractivity contribution in [3.05, 3.63) is 0 Å². The van der Waals surface area contributed by atoms with Crippen molar-refractivity contribution in [2.24, 2.45) is 17.8 Å². The Bertz CT molecular complexity index is 213. The van der Waals surface area contributed by atoms with E-state index in [9.17, 15) is 5.11 Å².